The number of carbonyl (C=O) groups is 1. The van der Waals surface area contributed by atoms with E-state index in [1.807, 2.05) is 11.6 Å². The molecule has 16 heavy (non-hydrogen) atoms. The van der Waals surface area contributed by atoms with Crippen LogP contribution >= 0.6 is 0 Å². The van der Waals surface area contributed by atoms with Gasteiger partial charge in [0.2, 0.25) is 0 Å². The summed E-state index contributed by atoms with van der Waals surface area (Å²) in [6.07, 6.45) is 3.46. The molecule has 0 atom stereocenters. The van der Waals surface area contributed by atoms with E-state index in [0.29, 0.717) is 12.2 Å². The van der Waals surface area contributed by atoms with E-state index >= 15 is 0 Å². The summed E-state index contributed by atoms with van der Waals surface area (Å²) in [4.78, 5) is 11.7. The molecule has 0 radical (unpaired) electrons. The quantitative estimate of drug-likeness (QED) is 0.722. The fraction of sp³-hybridized carbons (Fsp3) is 0.667. The minimum Gasteiger partial charge on any atom is -0.462 e. The van der Waals surface area contributed by atoms with Crippen LogP contribution in [0.1, 0.15) is 56.2 Å². The van der Waals surface area contributed by atoms with Crippen LogP contribution < -0.4 is 0 Å². The van der Waals surface area contributed by atoms with Gasteiger partial charge in [-0.1, -0.05) is 13.3 Å². The summed E-state index contributed by atoms with van der Waals surface area (Å²) >= 11 is 0. The summed E-state index contributed by atoms with van der Waals surface area (Å²) in [5, 5.41) is 4.25. The van der Waals surface area contributed by atoms with Crippen molar-refractivity contribution in [2.45, 2.75) is 46.6 Å². The first-order valence-electron chi connectivity index (χ1n) is 5.85. The number of carbonyl (C=O) groups excluding carboxylic acids is 1. The number of aromatic nitrogens is 2. The van der Waals surface area contributed by atoms with Gasteiger partial charge in [0.25, 0.3) is 0 Å². The molecule has 0 amide bonds. The fourth-order valence-corrected chi connectivity index (χ4v) is 1.70. The van der Waals surface area contributed by atoms with Crippen LogP contribution in [-0.2, 0) is 11.2 Å². The van der Waals surface area contributed by atoms with E-state index in [9.17, 15) is 4.79 Å². The highest BCUT2D eigenvalue weighted by Gasteiger charge is 2.18. The lowest BCUT2D eigenvalue weighted by atomic mass is 10.1. The molecule has 4 heteroatoms. The number of ether oxygens (including phenoxy) is 1. The maximum atomic E-state index is 11.7. The Bertz CT molecular complexity index is 356. The molecule has 0 bridgehead atoms. The lowest BCUT2D eigenvalue weighted by Gasteiger charge is -2.11. The van der Waals surface area contributed by atoms with Crippen molar-refractivity contribution in [3.63, 3.8) is 0 Å². The molecule has 0 aromatic carbocycles. The molecule has 1 rings (SSSR count). The molecule has 0 aliphatic rings. The van der Waals surface area contributed by atoms with Gasteiger partial charge in [-0.05, 0) is 27.2 Å². The van der Waals surface area contributed by atoms with Gasteiger partial charge < -0.3 is 4.74 Å². The van der Waals surface area contributed by atoms with E-state index in [1.54, 1.807) is 6.20 Å². The molecule has 1 aromatic heterocycles. The van der Waals surface area contributed by atoms with E-state index < -0.39 is 0 Å². The first kappa shape index (κ1) is 12.7. The van der Waals surface area contributed by atoms with Crippen molar-refractivity contribution in [2.75, 3.05) is 6.61 Å². The van der Waals surface area contributed by atoms with E-state index in [0.717, 1.165) is 18.5 Å². The van der Waals surface area contributed by atoms with Crippen LogP contribution in [0.2, 0.25) is 0 Å². The Morgan fingerprint density at radius 2 is 2.19 bits per heavy atom. The maximum Gasteiger partial charge on any atom is 0.341 e. The Balaban J connectivity index is 3.04. The minimum absolute atomic E-state index is 0.266. The number of rotatable bonds is 5. The van der Waals surface area contributed by atoms with Gasteiger partial charge in [0.05, 0.1) is 18.5 Å². The summed E-state index contributed by atoms with van der Waals surface area (Å²) in [5.74, 6) is -0.266. The Morgan fingerprint density at radius 1 is 1.50 bits per heavy atom. The average Bonchev–Trinajstić information content (AvgIpc) is 2.62. The van der Waals surface area contributed by atoms with Crippen molar-refractivity contribution in [3.8, 4) is 0 Å². The Morgan fingerprint density at radius 3 is 2.69 bits per heavy atom. The highest BCUT2D eigenvalue weighted by Crippen LogP contribution is 2.16. The first-order chi connectivity index (χ1) is 7.61. The maximum absolute atomic E-state index is 11.7. The van der Waals surface area contributed by atoms with Crippen LogP contribution in [0, 0.1) is 0 Å². The van der Waals surface area contributed by atoms with E-state index in [2.05, 4.69) is 25.9 Å². The van der Waals surface area contributed by atoms with Gasteiger partial charge in [-0.15, -0.1) is 0 Å². The van der Waals surface area contributed by atoms with Crippen molar-refractivity contribution in [2.24, 2.45) is 0 Å². The molecular formula is C12H20N2O2. The van der Waals surface area contributed by atoms with E-state index in [4.69, 9.17) is 4.74 Å². The highest BCUT2D eigenvalue weighted by molar-refractivity contribution is 5.90. The van der Waals surface area contributed by atoms with Crippen LogP contribution in [0.15, 0.2) is 6.20 Å². The molecule has 1 aromatic rings. The molecule has 0 aliphatic carbocycles. The molecule has 0 unspecified atom stereocenters. The minimum atomic E-state index is -0.266. The lowest BCUT2D eigenvalue weighted by molar-refractivity contribution is 0.0525. The number of hydrogen-bond donors (Lipinski definition) is 0. The Labute approximate surface area is 96.6 Å². The van der Waals surface area contributed by atoms with Crippen molar-refractivity contribution in [1.29, 1.82) is 0 Å². The molecule has 4 nitrogen and oxygen atoms in total. The number of nitrogens with zero attached hydrogens (tertiary/aromatic N) is 2. The second-order valence-corrected chi connectivity index (χ2v) is 4.01. The predicted molar refractivity (Wildman–Crippen MR) is 62.6 cm³/mol. The third-order valence-electron chi connectivity index (χ3n) is 2.37. The molecular weight excluding hydrogens is 204 g/mol. The van der Waals surface area contributed by atoms with Crippen LogP contribution in [0.4, 0.5) is 0 Å². The summed E-state index contributed by atoms with van der Waals surface area (Å²) in [5.41, 5.74) is 1.59. The zero-order valence-electron chi connectivity index (χ0n) is 10.5. The van der Waals surface area contributed by atoms with Crippen molar-refractivity contribution >= 4 is 5.97 Å². The lowest BCUT2D eigenvalue weighted by Crippen LogP contribution is -2.12. The second-order valence-electron chi connectivity index (χ2n) is 4.01. The first-order valence-corrected chi connectivity index (χ1v) is 5.85. The topological polar surface area (TPSA) is 44.1 Å². The van der Waals surface area contributed by atoms with Gasteiger partial charge in [0.1, 0.15) is 5.56 Å². The summed E-state index contributed by atoms with van der Waals surface area (Å²) in [6.45, 7) is 8.41. The standard InChI is InChI=1S/C12H20N2O2/c1-5-7-11-10(12(15)16-6-2)8-13-14(11)9(3)4/h8-9H,5-7H2,1-4H3. The summed E-state index contributed by atoms with van der Waals surface area (Å²) < 4.78 is 6.91. The van der Waals surface area contributed by atoms with Crippen LogP contribution in [0.5, 0.6) is 0 Å². The van der Waals surface area contributed by atoms with Gasteiger partial charge in [0.15, 0.2) is 0 Å². The smallest absolute Gasteiger partial charge is 0.341 e. The zero-order chi connectivity index (χ0) is 12.1. The predicted octanol–water partition coefficient (Wildman–Crippen LogP) is 2.59. The molecule has 0 fully saturated rings. The molecule has 1 heterocycles. The second kappa shape index (κ2) is 5.68. The van der Waals surface area contributed by atoms with Gasteiger partial charge >= 0.3 is 5.97 Å². The largest absolute Gasteiger partial charge is 0.462 e. The molecule has 0 spiro atoms. The molecule has 0 saturated carbocycles. The number of hydrogen-bond acceptors (Lipinski definition) is 3. The average molecular weight is 224 g/mol. The fourth-order valence-electron chi connectivity index (χ4n) is 1.70. The van der Waals surface area contributed by atoms with Crippen molar-refractivity contribution in [3.05, 3.63) is 17.5 Å². The number of esters is 1. The van der Waals surface area contributed by atoms with E-state index in [1.165, 1.54) is 0 Å². The van der Waals surface area contributed by atoms with Crippen LogP contribution in [0.3, 0.4) is 0 Å². The highest BCUT2D eigenvalue weighted by atomic mass is 16.5. The van der Waals surface area contributed by atoms with Gasteiger partial charge in [-0.25, -0.2) is 4.79 Å². The van der Waals surface area contributed by atoms with Gasteiger partial charge in [0, 0.05) is 6.04 Å². The summed E-state index contributed by atoms with van der Waals surface area (Å²) in [6, 6.07) is 0.268. The SMILES string of the molecule is CCCc1c(C(=O)OCC)cnn1C(C)C. The molecule has 0 saturated heterocycles. The van der Waals surface area contributed by atoms with Crippen LogP contribution in [-0.4, -0.2) is 22.4 Å². The van der Waals surface area contributed by atoms with E-state index in [-0.39, 0.29) is 12.0 Å². The zero-order valence-corrected chi connectivity index (χ0v) is 10.5. The molecule has 0 aliphatic heterocycles. The normalized spacial score (nSPS) is 10.8. The van der Waals surface area contributed by atoms with Crippen molar-refractivity contribution < 1.29 is 9.53 Å². The van der Waals surface area contributed by atoms with Crippen molar-refractivity contribution in [1.82, 2.24) is 9.78 Å². The van der Waals surface area contributed by atoms with Crippen LogP contribution in [0.25, 0.3) is 0 Å². The van der Waals surface area contributed by atoms with Gasteiger partial charge in [-0.2, -0.15) is 5.10 Å². The monoisotopic (exact) mass is 224 g/mol. The molecule has 0 N–H and O–H groups in total. The third kappa shape index (κ3) is 2.62. The summed E-state index contributed by atoms with van der Waals surface area (Å²) in [7, 11) is 0. The Kier molecular flexibility index (Phi) is 4.52. The Hall–Kier alpha value is -1.32. The molecule has 90 valence electrons. The third-order valence-corrected chi connectivity index (χ3v) is 2.37. The van der Waals surface area contributed by atoms with Gasteiger partial charge in [-0.3, -0.25) is 4.68 Å².